The van der Waals surface area contributed by atoms with Crippen LogP contribution in [-0.4, -0.2) is 22.9 Å². The molecule has 0 unspecified atom stereocenters. The van der Waals surface area contributed by atoms with Gasteiger partial charge in [-0.3, -0.25) is 4.68 Å². The maximum Gasteiger partial charge on any atom is 0.0676 e. The Labute approximate surface area is 85.5 Å². The molecule has 0 spiro atoms. The Balaban J connectivity index is 2.31. The molecule has 0 amide bonds. The summed E-state index contributed by atoms with van der Waals surface area (Å²) in [5.74, 6) is 0.558. The van der Waals surface area contributed by atoms with Gasteiger partial charge in [0, 0.05) is 31.7 Å². The second-order valence-corrected chi connectivity index (χ2v) is 5.01. The van der Waals surface area contributed by atoms with Crippen molar-refractivity contribution in [2.24, 2.45) is 12.5 Å². The number of aromatic nitrogens is 2. The van der Waals surface area contributed by atoms with E-state index < -0.39 is 0 Å². The highest BCUT2D eigenvalue weighted by Crippen LogP contribution is 2.37. The Morgan fingerprint density at radius 2 is 2.29 bits per heavy atom. The average molecular weight is 193 g/mol. The van der Waals surface area contributed by atoms with Crippen LogP contribution < -0.4 is 5.32 Å². The van der Waals surface area contributed by atoms with E-state index in [0.717, 1.165) is 13.1 Å². The average Bonchev–Trinajstić information content (AvgIpc) is 2.56. The van der Waals surface area contributed by atoms with E-state index in [0.29, 0.717) is 11.3 Å². The predicted octanol–water partition coefficient (Wildman–Crippen LogP) is 1.44. The fourth-order valence-corrected chi connectivity index (χ4v) is 2.20. The SMILES string of the molecule is Cc1cc([C@H]2CNCC2(C)C)nn1C. The van der Waals surface area contributed by atoms with Crippen LogP contribution in [0.5, 0.6) is 0 Å². The lowest BCUT2D eigenvalue weighted by atomic mass is 9.80. The summed E-state index contributed by atoms with van der Waals surface area (Å²) in [7, 11) is 2.01. The molecule has 0 aromatic carbocycles. The summed E-state index contributed by atoms with van der Waals surface area (Å²) < 4.78 is 1.96. The molecule has 1 aromatic rings. The van der Waals surface area contributed by atoms with Crippen molar-refractivity contribution < 1.29 is 0 Å². The molecular weight excluding hydrogens is 174 g/mol. The monoisotopic (exact) mass is 193 g/mol. The van der Waals surface area contributed by atoms with Gasteiger partial charge in [0.1, 0.15) is 0 Å². The third-order valence-electron chi connectivity index (χ3n) is 3.36. The summed E-state index contributed by atoms with van der Waals surface area (Å²) in [4.78, 5) is 0. The van der Waals surface area contributed by atoms with Crippen LogP contribution in [0, 0.1) is 12.3 Å². The molecule has 2 rings (SSSR count). The lowest BCUT2D eigenvalue weighted by Gasteiger charge is -2.23. The van der Waals surface area contributed by atoms with Crippen LogP contribution in [0.15, 0.2) is 6.07 Å². The second-order valence-electron chi connectivity index (χ2n) is 5.01. The van der Waals surface area contributed by atoms with Crippen molar-refractivity contribution in [2.75, 3.05) is 13.1 Å². The molecule has 1 aliphatic heterocycles. The summed E-state index contributed by atoms with van der Waals surface area (Å²) in [6.07, 6.45) is 0. The van der Waals surface area contributed by atoms with Crippen LogP contribution in [0.3, 0.4) is 0 Å². The first-order chi connectivity index (χ1) is 6.50. The highest BCUT2D eigenvalue weighted by Gasteiger charge is 2.36. The fraction of sp³-hybridized carbons (Fsp3) is 0.727. The van der Waals surface area contributed by atoms with Crippen LogP contribution >= 0.6 is 0 Å². The quantitative estimate of drug-likeness (QED) is 0.731. The minimum atomic E-state index is 0.334. The van der Waals surface area contributed by atoms with E-state index in [1.165, 1.54) is 11.4 Å². The molecule has 0 saturated carbocycles. The summed E-state index contributed by atoms with van der Waals surface area (Å²) in [6, 6.07) is 2.21. The molecule has 3 nitrogen and oxygen atoms in total. The van der Waals surface area contributed by atoms with E-state index in [1.54, 1.807) is 0 Å². The zero-order valence-corrected chi connectivity index (χ0v) is 9.46. The Morgan fingerprint density at radius 1 is 1.57 bits per heavy atom. The van der Waals surface area contributed by atoms with Crippen LogP contribution in [0.1, 0.15) is 31.2 Å². The number of hydrogen-bond donors (Lipinski definition) is 1. The Hall–Kier alpha value is -0.830. The van der Waals surface area contributed by atoms with Crippen molar-refractivity contribution in [3.05, 3.63) is 17.5 Å². The number of nitrogens with one attached hydrogen (secondary N) is 1. The third-order valence-corrected chi connectivity index (χ3v) is 3.36. The van der Waals surface area contributed by atoms with Crippen LogP contribution in [-0.2, 0) is 7.05 Å². The van der Waals surface area contributed by atoms with Crippen molar-refractivity contribution in [2.45, 2.75) is 26.7 Å². The largest absolute Gasteiger partial charge is 0.315 e. The van der Waals surface area contributed by atoms with Gasteiger partial charge in [0.15, 0.2) is 0 Å². The number of hydrogen-bond acceptors (Lipinski definition) is 2. The molecule has 2 heterocycles. The van der Waals surface area contributed by atoms with E-state index in [2.05, 4.69) is 37.3 Å². The normalized spacial score (nSPS) is 25.6. The van der Waals surface area contributed by atoms with Gasteiger partial charge in [-0.1, -0.05) is 13.8 Å². The van der Waals surface area contributed by atoms with Gasteiger partial charge in [-0.05, 0) is 18.4 Å². The Morgan fingerprint density at radius 3 is 2.71 bits per heavy atom. The topological polar surface area (TPSA) is 29.9 Å². The third kappa shape index (κ3) is 1.46. The summed E-state index contributed by atoms with van der Waals surface area (Å²) in [6.45, 7) is 8.87. The van der Waals surface area contributed by atoms with Gasteiger partial charge in [0.2, 0.25) is 0 Å². The Kier molecular flexibility index (Phi) is 2.14. The van der Waals surface area contributed by atoms with Crippen LogP contribution in [0.4, 0.5) is 0 Å². The lowest BCUT2D eigenvalue weighted by Crippen LogP contribution is -2.21. The molecular formula is C11H19N3. The second kappa shape index (κ2) is 3.09. The van der Waals surface area contributed by atoms with Crippen LogP contribution in [0.2, 0.25) is 0 Å². The number of rotatable bonds is 1. The van der Waals surface area contributed by atoms with E-state index in [9.17, 15) is 0 Å². The lowest BCUT2D eigenvalue weighted by molar-refractivity contribution is 0.356. The molecule has 0 radical (unpaired) electrons. The van der Waals surface area contributed by atoms with E-state index in [1.807, 2.05) is 11.7 Å². The van der Waals surface area contributed by atoms with E-state index >= 15 is 0 Å². The molecule has 78 valence electrons. The predicted molar refractivity (Wildman–Crippen MR) is 57.3 cm³/mol. The minimum absolute atomic E-state index is 0.334. The minimum Gasteiger partial charge on any atom is -0.315 e. The van der Waals surface area contributed by atoms with Gasteiger partial charge in [0.05, 0.1) is 5.69 Å². The molecule has 1 saturated heterocycles. The van der Waals surface area contributed by atoms with Gasteiger partial charge < -0.3 is 5.32 Å². The van der Waals surface area contributed by atoms with E-state index in [4.69, 9.17) is 0 Å². The summed E-state index contributed by atoms with van der Waals surface area (Å²) in [5, 5.41) is 8.01. The highest BCUT2D eigenvalue weighted by atomic mass is 15.3. The van der Waals surface area contributed by atoms with Crippen LogP contribution in [0.25, 0.3) is 0 Å². The highest BCUT2D eigenvalue weighted by molar-refractivity contribution is 5.18. The molecule has 3 heteroatoms. The van der Waals surface area contributed by atoms with Gasteiger partial charge in [-0.15, -0.1) is 0 Å². The molecule has 0 aliphatic carbocycles. The molecule has 14 heavy (non-hydrogen) atoms. The van der Waals surface area contributed by atoms with Crippen molar-refractivity contribution in [1.29, 1.82) is 0 Å². The number of nitrogens with zero attached hydrogens (tertiary/aromatic N) is 2. The van der Waals surface area contributed by atoms with Gasteiger partial charge >= 0.3 is 0 Å². The maximum atomic E-state index is 4.56. The Bertz CT molecular complexity index is 319. The smallest absolute Gasteiger partial charge is 0.0676 e. The fourth-order valence-electron chi connectivity index (χ4n) is 2.20. The summed E-state index contributed by atoms with van der Waals surface area (Å²) >= 11 is 0. The molecule has 1 aromatic heterocycles. The van der Waals surface area contributed by atoms with Crippen molar-refractivity contribution in [3.8, 4) is 0 Å². The molecule has 1 aliphatic rings. The zero-order valence-electron chi connectivity index (χ0n) is 9.46. The first-order valence-electron chi connectivity index (χ1n) is 5.22. The molecule has 1 atom stereocenters. The van der Waals surface area contributed by atoms with Gasteiger partial charge in [-0.25, -0.2) is 0 Å². The number of aryl methyl sites for hydroxylation is 2. The van der Waals surface area contributed by atoms with Crippen molar-refractivity contribution >= 4 is 0 Å². The molecule has 1 N–H and O–H groups in total. The first-order valence-corrected chi connectivity index (χ1v) is 5.22. The standard InChI is InChI=1S/C11H19N3/c1-8-5-10(13-14(8)4)9-6-12-7-11(9,2)3/h5,9,12H,6-7H2,1-4H3/t9-/m1/s1. The molecule has 1 fully saturated rings. The van der Waals surface area contributed by atoms with Gasteiger partial charge in [0.25, 0.3) is 0 Å². The van der Waals surface area contributed by atoms with Crippen molar-refractivity contribution in [3.63, 3.8) is 0 Å². The van der Waals surface area contributed by atoms with Crippen molar-refractivity contribution in [1.82, 2.24) is 15.1 Å². The first kappa shape index (κ1) is 9.71. The van der Waals surface area contributed by atoms with E-state index in [-0.39, 0.29) is 0 Å². The molecule has 0 bridgehead atoms. The van der Waals surface area contributed by atoms with Gasteiger partial charge in [-0.2, -0.15) is 5.10 Å². The zero-order chi connectivity index (χ0) is 10.3. The maximum absolute atomic E-state index is 4.56. The summed E-state index contributed by atoms with van der Waals surface area (Å²) in [5.41, 5.74) is 2.81.